The Balaban J connectivity index is 1.33. The summed E-state index contributed by atoms with van der Waals surface area (Å²) in [6.07, 6.45) is 6.71. The van der Waals surface area contributed by atoms with Crippen LogP contribution in [0.1, 0.15) is 24.8 Å². The van der Waals surface area contributed by atoms with Crippen LogP contribution in [0.15, 0.2) is 36.7 Å². The van der Waals surface area contributed by atoms with Crippen molar-refractivity contribution in [3.8, 4) is 0 Å². The number of anilines is 2. The van der Waals surface area contributed by atoms with Gasteiger partial charge in [0.1, 0.15) is 6.54 Å². The van der Waals surface area contributed by atoms with Gasteiger partial charge in [-0.3, -0.25) is 9.59 Å². The Bertz CT molecular complexity index is 838. The lowest BCUT2D eigenvalue weighted by Gasteiger charge is -2.34. The molecule has 1 aromatic carbocycles. The standard InChI is InChI=1S/C20H25N5O2/c1-23-13-10-21-20(23)24-11-8-16(9-12-24)22-18(26)14-25-17-5-3-2-4-15(17)6-7-19(25)27/h2-5,10,13,16H,6-9,11-12,14H2,1H3,(H,22,26). The average molecular weight is 367 g/mol. The van der Waals surface area contributed by atoms with Gasteiger partial charge in [-0.2, -0.15) is 0 Å². The number of rotatable bonds is 4. The molecule has 4 rings (SSSR count). The van der Waals surface area contributed by atoms with Crippen molar-refractivity contribution in [2.75, 3.05) is 29.4 Å². The summed E-state index contributed by atoms with van der Waals surface area (Å²) in [4.78, 5) is 33.1. The van der Waals surface area contributed by atoms with Crippen molar-refractivity contribution in [1.82, 2.24) is 14.9 Å². The largest absolute Gasteiger partial charge is 0.352 e. The summed E-state index contributed by atoms with van der Waals surface area (Å²) in [5, 5.41) is 3.11. The number of carbonyl (C=O) groups excluding carboxylic acids is 2. The predicted molar refractivity (Wildman–Crippen MR) is 104 cm³/mol. The number of piperidine rings is 1. The number of para-hydroxylation sites is 1. The molecule has 1 aromatic heterocycles. The second-order valence-corrected chi connectivity index (χ2v) is 7.28. The Morgan fingerprint density at radius 3 is 2.74 bits per heavy atom. The fourth-order valence-electron chi connectivity index (χ4n) is 3.97. The number of aryl methyl sites for hydroxylation is 2. The van der Waals surface area contributed by atoms with Gasteiger partial charge in [-0.15, -0.1) is 0 Å². The van der Waals surface area contributed by atoms with Crippen LogP contribution in [-0.2, 0) is 23.1 Å². The van der Waals surface area contributed by atoms with E-state index in [0.717, 1.165) is 49.6 Å². The van der Waals surface area contributed by atoms with Gasteiger partial charge in [0.2, 0.25) is 17.8 Å². The molecule has 0 radical (unpaired) electrons. The van der Waals surface area contributed by atoms with E-state index in [-0.39, 0.29) is 24.4 Å². The molecule has 7 heteroatoms. The smallest absolute Gasteiger partial charge is 0.240 e. The SMILES string of the molecule is Cn1ccnc1N1CCC(NC(=O)CN2C(=O)CCc3ccccc32)CC1. The predicted octanol–water partition coefficient (Wildman–Crippen LogP) is 1.48. The number of hydrogen-bond donors (Lipinski definition) is 1. The second-order valence-electron chi connectivity index (χ2n) is 7.28. The van der Waals surface area contributed by atoms with Crippen LogP contribution in [0.3, 0.4) is 0 Å². The zero-order valence-electron chi connectivity index (χ0n) is 15.6. The highest BCUT2D eigenvalue weighted by atomic mass is 16.2. The van der Waals surface area contributed by atoms with E-state index in [1.54, 1.807) is 11.1 Å². The summed E-state index contributed by atoms with van der Waals surface area (Å²) < 4.78 is 2.01. The molecule has 2 aliphatic heterocycles. The van der Waals surface area contributed by atoms with E-state index in [1.807, 2.05) is 42.1 Å². The van der Waals surface area contributed by atoms with Gasteiger partial charge < -0.3 is 19.7 Å². The number of carbonyl (C=O) groups is 2. The van der Waals surface area contributed by atoms with E-state index < -0.39 is 0 Å². The van der Waals surface area contributed by atoms with Crippen molar-refractivity contribution >= 4 is 23.5 Å². The van der Waals surface area contributed by atoms with Gasteiger partial charge in [0, 0.05) is 50.7 Å². The van der Waals surface area contributed by atoms with Crippen molar-refractivity contribution < 1.29 is 9.59 Å². The molecular weight excluding hydrogens is 342 g/mol. The van der Waals surface area contributed by atoms with Crippen molar-refractivity contribution in [3.63, 3.8) is 0 Å². The van der Waals surface area contributed by atoms with Gasteiger partial charge >= 0.3 is 0 Å². The summed E-state index contributed by atoms with van der Waals surface area (Å²) in [5.74, 6) is 0.902. The number of fused-ring (bicyclic) bond motifs is 1. The van der Waals surface area contributed by atoms with Gasteiger partial charge in [0.05, 0.1) is 0 Å². The summed E-state index contributed by atoms with van der Waals surface area (Å²) in [6.45, 7) is 1.82. The number of benzene rings is 1. The van der Waals surface area contributed by atoms with Crippen molar-refractivity contribution in [2.24, 2.45) is 7.05 Å². The highest BCUT2D eigenvalue weighted by molar-refractivity contribution is 6.01. The van der Waals surface area contributed by atoms with Crippen molar-refractivity contribution in [3.05, 3.63) is 42.2 Å². The summed E-state index contributed by atoms with van der Waals surface area (Å²) >= 11 is 0. The molecule has 0 bridgehead atoms. The quantitative estimate of drug-likeness (QED) is 0.889. The van der Waals surface area contributed by atoms with E-state index in [2.05, 4.69) is 15.2 Å². The van der Waals surface area contributed by atoms with E-state index in [1.165, 1.54) is 0 Å². The van der Waals surface area contributed by atoms with E-state index in [0.29, 0.717) is 6.42 Å². The molecule has 2 aromatic rings. The van der Waals surface area contributed by atoms with E-state index in [4.69, 9.17) is 0 Å². The minimum absolute atomic E-state index is 0.0217. The summed E-state index contributed by atoms with van der Waals surface area (Å²) in [7, 11) is 1.99. The first-order valence-electron chi connectivity index (χ1n) is 9.52. The van der Waals surface area contributed by atoms with Crippen molar-refractivity contribution in [2.45, 2.75) is 31.7 Å². The molecule has 2 amide bonds. The van der Waals surface area contributed by atoms with Gasteiger partial charge in [-0.25, -0.2) is 4.98 Å². The summed E-state index contributed by atoms with van der Waals surface area (Å²) in [5.41, 5.74) is 2.00. The summed E-state index contributed by atoms with van der Waals surface area (Å²) in [6, 6.07) is 7.98. The van der Waals surface area contributed by atoms with Crippen LogP contribution in [-0.4, -0.2) is 47.0 Å². The van der Waals surface area contributed by atoms with Crippen LogP contribution < -0.4 is 15.1 Å². The fraction of sp³-hybridized carbons (Fsp3) is 0.450. The third-order valence-corrected chi connectivity index (χ3v) is 5.43. The lowest BCUT2D eigenvalue weighted by Crippen LogP contribution is -2.49. The van der Waals surface area contributed by atoms with E-state index >= 15 is 0 Å². The monoisotopic (exact) mass is 367 g/mol. The first-order valence-corrected chi connectivity index (χ1v) is 9.52. The Morgan fingerprint density at radius 2 is 2.00 bits per heavy atom. The average Bonchev–Trinajstić information content (AvgIpc) is 3.11. The second kappa shape index (κ2) is 7.42. The zero-order valence-corrected chi connectivity index (χ0v) is 15.6. The van der Waals surface area contributed by atoms with Gasteiger partial charge in [-0.1, -0.05) is 18.2 Å². The Labute approximate surface area is 159 Å². The molecule has 27 heavy (non-hydrogen) atoms. The number of amides is 2. The Kier molecular flexibility index (Phi) is 4.83. The highest BCUT2D eigenvalue weighted by Crippen LogP contribution is 2.27. The molecule has 0 saturated carbocycles. The van der Waals surface area contributed by atoms with Crippen LogP contribution in [0.5, 0.6) is 0 Å². The molecule has 3 heterocycles. The first kappa shape index (κ1) is 17.6. The minimum atomic E-state index is -0.0875. The molecule has 0 unspecified atom stereocenters. The number of nitrogens with one attached hydrogen (secondary N) is 1. The highest BCUT2D eigenvalue weighted by Gasteiger charge is 2.27. The van der Waals surface area contributed by atoms with Crippen LogP contribution >= 0.6 is 0 Å². The maximum absolute atomic E-state index is 12.6. The number of imidazole rings is 1. The minimum Gasteiger partial charge on any atom is -0.352 e. The molecule has 2 aliphatic rings. The maximum atomic E-state index is 12.6. The molecule has 1 N–H and O–H groups in total. The Morgan fingerprint density at radius 1 is 1.22 bits per heavy atom. The number of aromatic nitrogens is 2. The topological polar surface area (TPSA) is 70.5 Å². The first-order chi connectivity index (χ1) is 13.1. The van der Waals surface area contributed by atoms with Gasteiger partial charge in [0.15, 0.2) is 0 Å². The third kappa shape index (κ3) is 3.67. The third-order valence-electron chi connectivity index (χ3n) is 5.43. The van der Waals surface area contributed by atoms with Gasteiger partial charge in [-0.05, 0) is 30.9 Å². The normalized spacial score (nSPS) is 17.7. The molecule has 1 fully saturated rings. The molecular formula is C20H25N5O2. The van der Waals surface area contributed by atoms with Gasteiger partial charge in [0.25, 0.3) is 0 Å². The van der Waals surface area contributed by atoms with E-state index in [9.17, 15) is 9.59 Å². The van der Waals surface area contributed by atoms with Crippen LogP contribution in [0.2, 0.25) is 0 Å². The molecule has 1 saturated heterocycles. The molecule has 142 valence electrons. The molecule has 7 nitrogen and oxygen atoms in total. The van der Waals surface area contributed by atoms with Crippen LogP contribution in [0, 0.1) is 0 Å². The number of hydrogen-bond acceptors (Lipinski definition) is 4. The molecule has 0 aliphatic carbocycles. The van der Waals surface area contributed by atoms with Crippen LogP contribution in [0.4, 0.5) is 11.6 Å². The lowest BCUT2D eigenvalue weighted by atomic mass is 10.0. The number of nitrogens with zero attached hydrogens (tertiary/aromatic N) is 4. The molecule has 0 spiro atoms. The molecule has 0 atom stereocenters. The van der Waals surface area contributed by atoms with Crippen LogP contribution in [0.25, 0.3) is 0 Å². The zero-order chi connectivity index (χ0) is 18.8. The fourth-order valence-corrected chi connectivity index (χ4v) is 3.97. The maximum Gasteiger partial charge on any atom is 0.240 e. The van der Waals surface area contributed by atoms with Crippen molar-refractivity contribution in [1.29, 1.82) is 0 Å². The Hall–Kier alpha value is -2.83. The lowest BCUT2D eigenvalue weighted by molar-refractivity contribution is -0.124.